The zero-order valence-corrected chi connectivity index (χ0v) is 18.7. The Bertz CT molecular complexity index is 1070. The summed E-state index contributed by atoms with van der Waals surface area (Å²) in [6.07, 6.45) is 0.0307. The summed E-state index contributed by atoms with van der Waals surface area (Å²) in [4.78, 5) is 49.0. The number of aromatic nitrogens is 2. The summed E-state index contributed by atoms with van der Waals surface area (Å²) >= 11 is 0. The monoisotopic (exact) mass is 499 g/mol. The Labute approximate surface area is 197 Å². The van der Waals surface area contributed by atoms with Gasteiger partial charge in [-0.1, -0.05) is 0 Å². The van der Waals surface area contributed by atoms with E-state index in [4.69, 9.17) is 24.9 Å². The number of carbonyl (C=O) groups excluding carboxylic acids is 2. The van der Waals surface area contributed by atoms with Crippen LogP contribution in [0, 0.1) is 12.8 Å². The standard InChI is InChI=1S/C19H23N5O4.C2HF3O2/c1-12-8-16(27-10-12)15-4-7-28-24(15)19(26)13-2-5-23(6-3-13)17-9-14(18(20)25)21-11-22-17;3-2(4,5)1(6)7/h8-11,13,15H,2-7H2,1H3,(H2,20,25);(H,6,7). The van der Waals surface area contributed by atoms with Crippen LogP contribution in [0.25, 0.3) is 0 Å². The number of piperidine rings is 1. The first-order chi connectivity index (χ1) is 16.5. The lowest BCUT2D eigenvalue weighted by molar-refractivity contribution is -0.192. The lowest BCUT2D eigenvalue weighted by Gasteiger charge is -2.34. The number of hydrogen-bond acceptors (Lipinski definition) is 8. The first kappa shape index (κ1) is 25.9. The molecule has 0 aliphatic carbocycles. The summed E-state index contributed by atoms with van der Waals surface area (Å²) in [7, 11) is 0. The van der Waals surface area contributed by atoms with E-state index in [1.807, 2.05) is 17.9 Å². The second kappa shape index (κ2) is 10.7. The lowest BCUT2D eigenvalue weighted by atomic mass is 9.95. The molecule has 3 N–H and O–H groups in total. The van der Waals surface area contributed by atoms with Gasteiger partial charge in [-0.25, -0.2) is 19.8 Å². The van der Waals surface area contributed by atoms with Gasteiger partial charge in [0.1, 0.15) is 29.6 Å². The number of anilines is 1. The van der Waals surface area contributed by atoms with Crippen molar-refractivity contribution < 1.29 is 41.9 Å². The molecule has 11 nitrogen and oxygen atoms in total. The van der Waals surface area contributed by atoms with Crippen molar-refractivity contribution in [3.8, 4) is 0 Å². The fourth-order valence-corrected chi connectivity index (χ4v) is 3.76. The Kier molecular flexibility index (Phi) is 7.94. The molecule has 0 bridgehead atoms. The number of primary amides is 1. The van der Waals surface area contributed by atoms with E-state index in [0.29, 0.717) is 38.4 Å². The number of hydrogen-bond donors (Lipinski definition) is 2. The molecule has 2 aliphatic heterocycles. The van der Waals surface area contributed by atoms with Crippen molar-refractivity contribution in [3.63, 3.8) is 0 Å². The minimum absolute atomic E-state index is 0.00304. The molecule has 4 heterocycles. The quantitative estimate of drug-likeness (QED) is 0.645. The molecule has 2 fully saturated rings. The van der Waals surface area contributed by atoms with Gasteiger partial charge in [0.05, 0.1) is 12.9 Å². The summed E-state index contributed by atoms with van der Waals surface area (Å²) in [6.45, 7) is 3.78. The van der Waals surface area contributed by atoms with Crippen molar-refractivity contribution in [1.29, 1.82) is 0 Å². The second-order valence-electron chi connectivity index (χ2n) is 8.02. The molecule has 0 radical (unpaired) electrons. The number of halogens is 3. The van der Waals surface area contributed by atoms with Crippen LogP contribution in [0.4, 0.5) is 19.0 Å². The molecule has 0 saturated carbocycles. The summed E-state index contributed by atoms with van der Waals surface area (Å²) in [5.41, 5.74) is 6.50. The molecule has 0 spiro atoms. The molecular weight excluding hydrogens is 475 g/mol. The molecule has 4 rings (SSSR count). The van der Waals surface area contributed by atoms with Crippen molar-refractivity contribution in [2.45, 2.75) is 38.4 Å². The van der Waals surface area contributed by atoms with E-state index in [1.54, 1.807) is 12.3 Å². The van der Waals surface area contributed by atoms with Crippen LogP contribution < -0.4 is 10.6 Å². The maximum Gasteiger partial charge on any atom is 0.490 e. The number of amides is 2. The fraction of sp³-hybridized carbons (Fsp3) is 0.476. The maximum absolute atomic E-state index is 13.0. The largest absolute Gasteiger partial charge is 0.490 e. The van der Waals surface area contributed by atoms with Gasteiger partial charge >= 0.3 is 12.1 Å². The minimum Gasteiger partial charge on any atom is -0.475 e. The number of furan rings is 1. The maximum atomic E-state index is 13.0. The normalized spacial score (nSPS) is 18.7. The van der Waals surface area contributed by atoms with Gasteiger partial charge in [0.2, 0.25) is 5.91 Å². The van der Waals surface area contributed by atoms with Crippen molar-refractivity contribution >= 4 is 23.6 Å². The fourth-order valence-electron chi connectivity index (χ4n) is 3.76. The van der Waals surface area contributed by atoms with Crippen molar-refractivity contribution in [2.24, 2.45) is 11.7 Å². The van der Waals surface area contributed by atoms with Crippen molar-refractivity contribution in [2.75, 3.05) is 24.6 Å². The van der Waals surface area contributed by atoms with Gasteiger partial charge in [-0.15, -0.1) is 0 Å². The first-order valence-electron chi connectivity index (χ1n) is 10.6. The zero-order valence-electron chi connectivity index (χ0n) is 18.7. The number of carboxylic acids is 1. The van der Waals surface area contributed by atoms with Crippen LogP contribution >= 0.6 is 0 Å². The van der Waals surface area contributed by atoms with Gasteiger partial charge in [0.25, 0.3) is 5.91 Å². The Hall–Kier alpha value is -3.68. The van der Waals surface area contributed by atoms with Gasteiger partial charge in [-0.3, -0.25) is 14.4 Å². The van der Waals surface area contributed by atoms with Gasteiger partial charge in [-0.2, -0.15) is 13.2 Å². The van der Waals surface area contributed by atoms with E-state index in [9.17, 15) is 22.8 Å². The van der Waals surface area contributed by atoms with Crippen molar-refractivity contribution in [1.82, 2.24) is 15.0 Å². The first-order valence-corrected chi connectivity index (χ1v) is 10.6. The predicted molar refractivity (Wildman–Crippen MR) is 113 cm³/mol. The highest BCUT2D eigenvalue weighted by Gasteiger charge is 2.39. The molecule has 35 heavy (non-hydrogen) atoms. The third-order valence-corrected chi connectivity index (χ3v) is 5.52. The smallest absolute Gasteiger partial charge is 0.475 e. The van der Waals surface area contributed by atoms with Gasteiger partial charge in [0.15, 0.2) is 0 Å². The summed E-state index contributed by atoms with van der Waals surface area (Å²) in [5, 5.41) is 8.62. The summed E-state index contributed by atoms with van der Waals surface area (Å²) in [5.74, 6) is -2.05. The van der Waals surface area contributed by atoms with E-state index in [2.05, 4.69) is 9.97 Å². The van der Waals surface area contributed by atoms with E-state index in [0.717, 1.165) is 17.7 Å². The third kappa shape index (κ3) is 6.47. The van der Waals surface area contributed by atoms with Crippen LogP contribution in [0.2, 0.25) is 0 Å². The van der Waals surface area contributed by atoms with Crippen LogP contribution in [0.5, 0.6) is 0 Å². The Morgan fingerprint density at radius 2 is 1.80 bits per heavy atom. The minimum atomic E-state index is -5.08. The third-order valence-electron chi connectivity index (χ3n) is 5.52. The highest BCUT2D eigenvalue weighted by atomic mass is 19.4. The number of rotatable bonds is 4. The van der Waals surface area contributed by atoms with Crippen molar-refractivity contribution in [3.05, 3.63) is 41.7 Å². The molecule has 2 aromatic rings. The second-order valence-corrected chi connectivity index (χ2v) is 8.02. The lowest BCUT2D eigenvalue weighted by Crippen LogP contribution is -2.42. The molecule has 14 heteroatoms. The van der Waals surface area contributed by atoms with E-state index >= 15 is 0 Å². The number of alkyl halides is 3. The number of aryl methyl sites for hydroxylation is 1. The van der Waals surface area contributed by atoms with Crippen LogP contribution in [-0.4, -0.2) is 63.8 Å². The molecule has 1 atom stereocenters. The van der Waals surface area contributed by atoms with E-state index < -0.39 is 18.1 Å². The van der Waals surface area contributed by atoms with Crippen LogP contribution in [-0.2, 0) is 14.4 Å². The van der Waals surface area contributed by atoms with Crippen LogP contribution in [0.1, 0.15) is 47.1 Å². The topological polar surface area (TPSA) is 152 Å². The van der Waals surface area contributed by atoms with Crippen LogP contribution in [0.15, 0.2) is 29.1 Å². The zero-order chi connectivity index (χ0) is 25.8. The Morgan fingerprint density at radius 1 is 1.14 bits per heavy atom. The average Bonchev–Trinajstić information content (AvgIpc) is 3.47. The number of hydroxylamine groups is 2. The molecule has 0 aromatic carbocycles. The molecule has 2 saturated heterocycles. The average molecular weight is 499 g/mol. The summed E-state index contributed by atoms with van der Waals surface area (Å²) in [6, 6.07) is 3.37. The number of aliphatic carboxylic acids is 1. The molecule has 2 aromatic heterocycles. The Morgan fingerprint density at radius 3 is 2.34 bits per heavy atom. The highest BCUT2D eigenvalue weighted by Crippen LogP contribution is 2.34. The van der Waals surface area contributed by atoms with Gasteiger partial charge in [-0.05, 0) is 31.4 Å². The van der Waals surface area contributed by atoms with Gasteiger partial charge in [0, 0.05) is 31.5 Å². The number of nitrogens with two attached hydrogens (primary N) is 1. The SMILES string of the molecule is Cc1coc(C2CCON2C(=O)C2CCN(c3cc(C(N)=O)ncn3)CC2)c1.O=C(O)C(F)(F)F. The molecule has 2 amide bonds. The van der Waals surface area contributed by atoms with E-state index in [-0.39, 0.29) is 23.6 Å². The number of carbonyl (C=O) groups is 3. The summed E-state index contributed by atoms with van der Waals surface area (Å²) < 4.78 is 37.3. The number of nitrogens with zero attached hydrogens (tertiary/aromatic N) is 4. The van der Waals surface area contributed by atoms with Crippen LogP contribution in [0.3, 0.4) is 0 Å². The van der Waals surface area contributed by atoms with Gasteiger partial charge < -0.3 is 20.2 Å². The highest BCUT2D eigenvalue weighted by molar-refractivity contribution is 5.91. The molecule has 2 aliphatic rings. The molecular formula is C21H24F3N5O6. The molecule has 1 unspecified atom stereocenters. The Balaban J connectivity index is 0.000000429. The number of carboxylic acid groups (broad SMARTS) is 1. The predicted octanol–water partition coefficient (Wildman–Crippen LogP) is 2.23. The molecule has 190 valence electrons. The van der Waals surface area contributed by atoms with E-state index in [1.165, 1.54) is 11.4 Å².